The molecular formula is C13H20N2O3. The topological polar surface area (TPSA) is 73.6 Å². The Balaban J connectivity index is 2.44. The zero-order valence-electron chi connectivity index (χ0n) is 11.0. The molecule has 0 aliphatic carbocycles. The van der Waals surface area contributed by atoms with Crippen molar-refractivity contribution in [2.24, 2.45) is 5.73 Å². The summed E-state index contributed by atoms with van der Waals surface area (Å²) < 4.78 is 10.8. The Morgan fingerprint density at radius 1 is 1.39 bits per heavy atom. The first kappa shape index (κ1) is 14.3. The SMILES string of the molecule is COc1cccc(OC(C)CNC(=O)[C@H](C)N)c1. The second-order valence-corrected chi connectivity index (χ2v) is 4.14. The Morgan fingerprint density at radius 3 is 2.67 bits per heavy atom. The van der Waals surface area contributed by atoms with E-state index in [2.05, 4.69) is 5.32 Å². The maximum atomic E-state index is 11.3. The number of benzene rings is 1. The Hall–Kier alpha value is -1.75. The molecule has 0 saturated carbocycles. The van der Waals surface area contributed by atoms with E-state index >= 15 is 0 Å². The molecule has 0 bridgehead atoms. The summed E-state index contributed by atoms with van der Waals surface area (Å²) in [7, 11) is 1.60. The van der Waals surface area contributed by atoms with Crippen LogP contribution in [0.5, 0.6) is 11.5 Å². The first-order valence-electron chi connectivity index (χ1n) is 5.87. The van der Waals surface area contributed by atoms with Gasteiger partial charge in [0.2, 0.25) is 5.91 Å². The summed E-state index contributed by atoms with van der Waals surface area (Å²) in [5.74, 6) is 1.26. The van der Waals surface area contributed by atoms with Crippen molar-refractivity contribution in [3.63, 3.8) is 0 Å². The fourth-order valence-electron chi connectivity index (χ4n) is 1.35. The van der Waals surface area contributed by atoms with Crippen molar-refractivity contribution in [1.29, 1.82) is 0 Å². The molecule has 0 heterocycles. The molecule has 18 heavy (non-hydrogen) atoms. The minimum Gasteiger partial charge on any atom is -0.497 e. The lowest BCUT2D eigenvalue weighted by molar-refractivity contribution is -0.122. The minimum absolute atomic E-state index is 0.139. The van der Waals surface area contributed by atoms with E-state index in [1.54, 1.807) is 20.1 Å². The van der Waals surface area contributed by atoms with Crippen LogP contribution < -0.4 is 20.5 Å². The summed E-state index contributed by atoms with van der Waals surface area (Å²) in [5.41, 5.74) is 5.44. The van der Waals surface area contributed by atoms with Crippen LogP contribution in [0.3, 0.4) is 0 Å². The summed E-state index contributed by atoms with van der Waals surface area (Å²) in [4.78, 5) is 11.3. The number of methoxy groups -OCH3 is 1. The summed E-state index contributed by atoms with van der Waals surface area (Å²) in [6.45, 7) is 3.93. The molecular weight excluding hydrogens is 232 g/mol. The van der Waals surface area contributed by atoms with Gasteiger partial charge in [-0.2, -0.15) is 0 Å². The van der Waals surface area contributed by atoms with Gasteiger partial charge in [0.15, 0.2) is 0 Å². The fourth-order valence-corrected chi connectivity index (χ4v) is 1.35. The molecule has 2 atom stereocenters. The zero-order valence-corrected chi connectivity index (χ0v) is 11.0. The standard InChI is InChI=1S/C13H20N2O3/c1-9(8-15-13(16)10(2)14)18-12-6-4-5-11(7-12)17-3/h4-7,9-10H,8,14H2,1-3H3,(H,15,16)/t9?,10-/m0/s1. The van der Waals surface area contributed by atoms with E-state index in [1.807, 2.05) is 25.1 Å². The van der Waals surface area contributed by atoms with Gasteiger partial charge in [-0.25, -0.2) is 0 Å². The number of ether oxygens (including phenoxy) is 2. The van der Waals surface area contributed by atoms with Gasteiger partial charge in [0.25, 0.3) is 0 Å². The molecule has 0 fully saturated rings. The van der Waals surface area contributed by atoms with Crippen molar-refractivity contribution in [1.82, 2.24) is 5.32 Å². The van der Waals surface area contributed by atoms with Crippen LogP contribution >= 0.6 is 0 Å². The summed E-state index contributed by atoms with van der Waals surface area (Å²) >= 11 is 0. The Morgan fingerprint density at radius 2 is 2.06 bits per heavy atom. The van der Waals surface area contributed by atoms with Gasteiger partial charge in [-0.15, -0.1) is 0 Å². The second-order valence-electron chi connectivity index (χ2n) is 4.14. The molecule has 1 rings (SSSR count). The lowest BCUT2D eigenvalue weighted by atomic mass is 10.3. The van der Waals surface area contributed by atoms with E-state index in [4.69, 9.17) is 15.2 Å². The van der Waals surface area contributed by atoms with Crippen molar-refractivity contribution in [2.45, 2.75) is 26.0 Å². The van der Waals surface area contributed by atoms with Crippen molar-refractivity contribution in [3.8, 4) is 11.5 Å². The molecule has 0 spiro atoms. The molecule has 0 aliphatic rings. The van der Waals surface area contributed by atoms with Gasteiger partial charge in [0, 0.05) is 6.07 Å². The number of nitrogens with one attached hydrogen (secondary N) is 1. The van der Waals surface area contributed by atoms with Crippen molar-refractivity contribution >= 4 is 5.91 Å². The molecule has 0 radical (unpaired) electrons. The molecule has 0 aliphatic heterocycles. The average Bonchev–Trinajstić information content (AvgIpc) is 2.36. The van der Waals surface area contributed by atoms with Crippen LogP contribution in [0.25, 0.3) is 0 Å². The van der Waals surface area contributed by atoms with E-state index in [9.17, 15) is 4.79 Å². The van der Waals surface area contributed by atoms with E-state index in [0.717, 1.165) is 5.75 Å². The lowest BCUT2D eigenvalue weighted by Crippen LogP contribution is -2.42. The van der Waals surface area contributed by atoms with Crippen LogP contribution in [0.2, 0.25) is 0 Å². The van der Waals surface area contributed by atoms with Gasteiger partial charge >= 0.3 is 0 Å². The minimum atomic E-state index is -0.506. The molecule has 5 nitrogen and oxygen atoms in total. The van der Waals surface area contributed by atoms with Gasteiger partial charge in [-0.1, -0.05) is 6.07 Å². The predicted octanol–water partition coefficient (Wildman–Crippen LogP) is 0.926. The Labute approximate surface area is 107 Å². The number of amides is 1. The van der Waals surface area contributed by atoms with E-state index in [0.29, 0.717) is 12.3 Å². The van der Waals surface area contributed by atoms with Crippen LogP contribution in [0.1, 0.15) is 13.8 Å². The number of rotatable bonds is 6. The van der Waals surface area contributed by atoms with Crippen molar-refractivity contribution in [2.75, 3.05) is 13.7 Å². The molecule has 100 valence electrons. The number of hydrogen-bond donors (Lipinski definition) is 2. The molecule has 3 N–H and O–H groups in total. The maximum absolute atomic E-state index is 11.3. The highest BCUT2D eigenvalue weighted by molar-refractivity contribution is 5.80. The van der Waals surface area contributed by atoms with E-state index < -0.39 is 6.04 Å². The Kier molecular flexibility index (Phi) is 5.45. The van der Waals surface area contributed by atoms with Crippen molar-refractivity contribution < 1.29 is 14.3 Å². The number of carbonyl (C=O) groups excluding carboxylic acids is 1. The van der Waals surface area contributed by atoms with Crippen LogP contribution in [0.15, 0.2) is 24.3 Å². The van der Waals surface area contributed by atoms with E-state index in [-0.39, 0.29) is 12.0 Å². The number of nitrogens with two attached hydrogens (primary N) is 1. The quantitative estimate of drug-likeness (QED) is 0.789. The van der Waals surface area contributed by atoms with Gasteiger partial charge in [-0.05, 0) is 26.0 Å². The molecule has 1 unspecified atom stereocenters. The highest BCUT2D eigenvalue weighted by Crippen LogP contribution is 2.19. The van der Waals surface area contributed by atoms with Gasteiger partial charge in [0.1, 0.15) is 17.6 Å². The van der Waals surface area contributed by atoms with Crippen molar-refractivity contribution in [3.05, 3.63) is 24.3 Å². The zero-order chi connectivity index (χ0) is 13.5. The summed E-state index contributed by atoms with van der Waals surface area (Å²) in [5, 5.41) is 2.71. The molecule has 0 saturated heterocycles. The first-order valence-corrected chi connectivity index (χ1v) is 5.87. The number of hydrogen-bond acceptors (Lipinski definition) is 4. The summed E-state index contributed by atoms with van der Waals surface area (Å²) in [6, 6.07) is 6.82. The third kappa shape index (κ3) is 4.63. The van der Waals surface area contributed by atoms with Gasteiger partial charge < -0.3 is 20.5 Å². The fraction of sp³-hybridized carbons (Fsp3) is 0.462. The largest absolute Gasteiger partial charge is 0.497 e. The third-order valence-corrected chi connectivity index (χ3v) is 2.36. The average molecular weight is 252 g/mol. The second kappa shape index (κ2) is 6.86. The summed E-state index contributed by atoms with van der Waals surface area (Å²) in [6.07, 6.45) is -0.139. The monoisotopic (exact) mass is 252 g/mol. The third-order valence-electron chi connectivity index (χ3n) is 2.36. The Bertz CT molecular complexity index is 394. The maximum Gasteiger partial charge on any atom is 0.236 e. The lowest BCUT2D eigenvalue weighted by Gasteiger charge is -2.16. The normalized spacial score (nSPS) is 13.6. The first-order chi connectivity index (χ1) is 8.52. The molecule has 0 aromatic heterocycles. The smallest absolute Gasteiger partial charge is 0.236 e. The van der Waals surface area contributed by atoms with Crippen LogP contribution in [0.4, 0.5) is 0 Å². The predicted molar refractivity (Wildman–Crippen MR) is 69.7 cm³/mol. The molecule has 5 heteroatoms. The van der Waals surface area contributed by atoms with Crippen LogP contribution in [-0.2, 0) is 4.79 Å². The van der Waals surface area contributed by atoms with Crippen LogP contribution in [-0.4, -0.2) is 31.7 Å². The van der Waals surface area contributed by atoms with Gasteiger partial charge in [0.05, 0.1) is 19.7 Å². The number of carbonyl (C=O) groups is 1. The van der Waals surface area contributed by atoms with Crippen LogP contribution in [0, 0.1) is 0 Å². The van der Waals surface area contributed by atoms with Gasteiger partial charge in [-0.3, -0.25) is 4.79 Å². The molecule has 1 aromatic rings. The molecule has 1 aromatic carbocycles. The highest BCUT2D eigenvalue weighted by atomic mass is 16.5. The van der Waals surface area contributed by atoms with E-state index in [1.165, 1.54) is 0 Å². The highest BCUT2D eigenvalue weighted by Gasteiger charge is 2.10. The molecule has 1 amide bonds.